The van der Waals surface area contributed by atoms with Gasteiger partial charge in [-0.25, -0.2) is 0 Å². The maximum atomic E-state index is 11.5. The number of rotatable bonds is 3. The molecule has 1 aliphatic carbocycles. The monoisotopic (exact) mass is 247 g/mol. The molecule has 1 aromatic carbocycles. The second kappa shape index (κ2) is 5.53. The van der Waals surface area contributed by atoms with Crippen LogP contribution in [0.25, 0.3) is 0 Å². The molecule has 0 bridgehead atoms. The maximum absolute atomic E-state index is 11.5. The fourth-order valence-electron chi connectivity index (χ4n) is 2.52. The van der Waals surface area contributed by atoms with Crippen molar-refractivity contribution in [1.29, 1.82) is 0 Å². The molecule has 1 aliphatic rings. The van der Waals surface area contributed by atoms with E-state index in [0.717, 1.165) is 24.8 Å². The van der Waals surface area contributed by atoms with Crippen molar-refractivity contribution in [3.63, 3.8) is 0 Å². The van der Waals surface area contributed by atoms with E-state index >= 15 is 0 Å². The number of nitrogens with one attached hydrogen (secondary N) is 1. The average Bonchev–Trinajstić information content (AvgIpc) is 2.38. The van der Waals surface area contributed by atoms with Crippen molar-refractivity contribution in [3.8, 4) is 0 Å². The Kier molecular flexibility index (Phi) is 4.02. The maximum Gasteiger partial charge on any atom is 0.220 e. The first-order valence-corrected chi connectivity index (χ1v) is 6.72. The molecule has 1 amide bonds. The van der Waals surface area contributed by atoms with E-state index in [0.29, 0.717) is 6.42 Å². The largest absolute Gasteiger partial charge is 0.389 e. The van der Waals surface area contributed by atoms with E-state index in [-0.39, 0.29) is 11.9 Å². The van der Waals surface area contributed by atoms with Crippen LogP contribution in [0.4, 0.5) is 0 Å². The van der Waals surface area contributed by atoms with E-state index in [4.69, 9.17) is 0 Å². The lowest BCUT2D eigenvalue weighted by Crippen LogP contribution is -2.30. The smallest absolute Gasteiger partial charge is 0.220 e. The molecular formula is C15H21NO2. The fraction of sp³-hybridized carbons (Fsp3) is 0.533. The zero-order valence-corrected chi connectivity index (χ0v) is 11.1. The first-order chi connectivity index (χ1) is 8.61. The van der Waals surface area contributed by atoms with Crippen LogP contribution in [0.1, 0.15) is 61.9 Å². The Morgan fingerprint density at radius 2 is 2.33 bits per heavy atom. The lowest BCUT2D eigenvalue weighted by Gasteiger charge is -2.27. The number of carbonyl (C=O) groups is 1. The van der Waals surface area contributed by atoms with Crippen LogP contribution in [0, 0.1) is 0 Å². The van der Waals surface area contributed by atoms with Gasteiger partial charge in [0.05, 0.1) is 12.1 Å². The Morgan fingerprint density at radius 1 is 1.56 bits per heavy atom. The molecule has 0 aromatic heterocycles. The second-order valence-electron chi connectivity index (χ2n) is 5.00. The molecule has 3 heteroatoms. The number of carbonyl (C=O) groups excluding carboxylic acids is 1. The average molecular weight is 247 g/mol. The Morgan fingerprint density at radius 3 is 3.00 bits per heavy atom. The molecule has 98 valence electrons. The molecule has 0 spiro atoms. The lowest BCUT2D eigenvalue weighted by atomic mass is 9.86. The third-order valence-electron chi connectivity index (χ3n) is 3.62. The van der Waals surface area contributed by atoms with Gasteiger partial charge in [-0.1, -0.05) is 25.1 Å². The summed E-state index contributed by atoms with van der Waals surface area (Å²) in [5.41, 5.74) is 3.40. The molecule has 2 atom stereocenters. The van der Waals surface area contributed by atoms with Gasteiger partial charge in [-0.2, -0.15) is 0 Å². The fourth-order valence-corrected chi connectivity index (χ4v) is 2.52. The SMILES string of the molecule is CCC(=O)NC1CCCc2ccc(C(C)O)cc21. The van der Waals surface area contributed by atoms with Crippen LogP contribution in [0.3, 0.4) is 0 Å². The summed E-state index contributed by atoms with van der Waals surface area (Å²) in [6.07, 6.45) is 3.22. The number of hydrogen-bond acceptors (Lipinski definition) is 2. The van der Waals surface area contributed by atoms with Gasteiger partial charge in [0.25, 0.3) is 0 Å². The predicted octanol–water partition coefficient (Wildman–Crippen LogP) is 2.64. The van der Waals surface area contributed by atoms with Crippen LogP contribution in [-0.4, -0.2) is 11.0 Å². The first kappa shape index (κ1) is 13.1. The summed E-state index contributed by atoms with van der Waals surface area (Å²) in [7, 11) is 0. The highest BCUT2D eigenvalue weighted by Crippen LogP contribution is 2.31. The Labute approximate surface area is 108 Å². The Bertz CT molecular complexity index is 440. The van der Waals surface area contributed by atoms with Gasteiger partial charge in [0.1, 0.15) is 0 Å². The zero-order chi connectivity index (χ0) is 13.1. The number of aliphatic hydroxyl groups excluding tert-OH is 1. The normalized spacial score (nSPS) is 20.1. The van der Waals surface area contributed by atoms with E-state index in [1.54, 1.807) is 6.92 Å². The summed E-state index contributed by atoms with van der Waals surface area (Å²) in [5.74, 6) is 0.0929. The summed E-state index contributed by atoms with van der Waals surface area (Å²) in [4.78, 5) is 11.5. The van der Waals surface area contributed by atoms with E-state index in [2.05, 4.69) is 11.4 Å². The number of hydrogen-bond donors (Lipinski definition) is 2. The summed E-state index contributed by atoms with van der Waals surface area (Å²) in [6, 6.07) is 6.22. The van der Waals surface area contributed by atoms with Gasteiger partial charge < -0.3 is 10.4 Å². The molecule has 2 unspecified atom stereocenters. The second-order valence-corrected chi connectivity index (χ2v) is 5.00. The highest BCUT2D eigenvalue weighted by Gasteiger charge is 2.22. The summed E-state index contributed by atoms with van der Waals surface area (Å²) < 4.78 is 0. The van der Waals surface area contributed by atoms with Gasteiger partial charge >= 0.3 is 0 Å². The predicted molar refractivity (Wildman–Crippen MR) is 71.2 cm³/mol. The zero-order valence-electron chi connectivity index (χ0n) is 11.1. The van der Waals surface area contributed by atoms with E-state index in [1.165, 1.54) is 11.1 Å². The van der Waals surface area contributed by atoms with Crippen LogP contribution in [0.5, 0.6) is 0 Å². The minimum Gasteiger partial charge on any atom is -0.389 e. The third-order valence-corrected chi connectivity index (χ3v) is 3.62. The van der Waals surface area contributed by atoms with Crippen molar-refractivity contribution >= 4 is 5.91 Å². The number of benzene rings is 1. The summed E-state index contributed by atoms with van der Waals surface area (Å²) in [6.45, 7) is 3.63. The number of aliphatic hydroxyl groups is 1. The van der Waals surface area contributed by atoms with Crippen molar-refractivity contribution in [2.75, 3.05) is 0 Å². The topological polar surface area (TPSA) is 49.3 Å². The van der Waals surface area contributed by atoms with Gasteiger partial charge in [0.15, 0.2) is 0 Å². The van der Waals surface area contributed by atoms with Gasteiger partial charge in [-0.3, -0.25) is 4.79 Å². The number of amides is 1. The number of fused-ring (bicyclic) bond motifs is 1. The minimum absolute atomic E-state index is 0.0929. The molecule has 2 N–H and O–H groups in total. The van der Waals surface area contributed by atoms with Crippen LogP contribution < -0.4 is 5.32 Å². The van der Waals surface area contributed by atoms with E-state index in [9.17, 15) is 9.90 Å². The van der Waals surface area contributed by atoms with Crippen molar-refractivity contribution < 1.29 is 9.90 Å². The standard InChI is InChI=1S/C15H21NO2/c1-3-15(18)16-14-6-4-5-11-7-8-12(10(2)17)9-13(11)14/h7-10,14,17H,3-6H2,1-2H3,(H,16,18). The van der Waals surface area contributed by atoms with Gasteiger partial charge in [-0.05, 0) is 42.9 Å². The molecular weight excluding hydrogens is 226 g/mol. The molecule has 3 nitrogen and oxygen atoms in total. The van der Waals surface area contributed by atoms with Gasteiger partial charge in [-0.15, -0.1) is 0 Å². The quantitative estimate of drug-likeness (QED) is 0.862. The van der Waals surface area contributed by atoms with E-state index in [1.807, 2.05) is 19.1 Å². The first-order valence-electron chi connectivity index (χ1n) is 6.72. The molecule has 2 rings (SSSR count). The van der Waals surface area contributed by atoms with Gasteiger partial charge in [0.2, 0.25) is 5.91 Å². The molecule has 1 aromatic rings. The van der Waals surface area contributed by atoms with Crippen molar-refractivity contribution in [3.05, 3.63) is 34.9 Å². The van der Waals surface area contributed by atoms with Crippen molar-refractivity contribution in [2.45, 2.75) is 51.7 Å². The molecule has 0 heterocycles. The molecule has 0 fully saturated rings. The highest BCUT2D eigenvalue weighted by atomic mass is 16.3. The Hall–Kier alpha value is -1.35. The van der Waals surface area contributed by atoms with Gasteiger partial charge in [0, 0.05) is 6.42 Å². The highest BCUT2D eigenvalue weighted by molar-refractivity contribution is 5.76. The molecule has 0 radical (unpaired) electrons. The third kappa shape index (κ3) is 2.72. The van der Waals surface area contributed by atoms with Crippen LogP contribution in [0.15, 0.2) is 18.2 Å². The summed E-state index contributed by atoms with van der Waals surface area (Å²) >= 11 is 0. The van der Waals surface area contributed by atoms with Crippen LogP contribution >= 0.6 is 0 Å². The van der Waals surface area contributed by atoms with Crippen molar-refractivity contribution in [2.24, 2.45) is 0 Å². The van der Waals surface area contributed by atoms with Crippen LogP contribution in [-0.2, 0) is 11.2 Å². The number of aryl methyl sites for hydroxylation is 1. The van der Waals surface area contributed by atoms with E-state index < -0.39 is 6.10 Å². The Balaban J connectivity index is 2.28. The lowest BCUT2D eigenvalue weighted by molar-refractivity contribution is -0.121. The summed E-state index contributed by atoms with van der Waals surface area (Å²) in [5, 5.41) is 12.7. The van der Waals surface area contributed by atoms with Crippen molar-refractivity contribution in [1.82, 2.24) is 5.32 Å². The van der Waals surface area contributed by atoms with Crippen LogP contribution in [0.2, 0.25) is 0 Å². The molecule has 0 saturated carbocycles. The molecule has 0 aliphatic heterocycles. The molecule has 18 heavy (non-hydrogen) atoms. The minimum atomic E-state index is -0.459. The molecule has 0 saturated heterocycles.